The molecule has 104 valence electrons. The highest BCUT2D eigenvalue weighted by Crippen LogP contribution is 2.36. The van der Waals surface area contributed by atoms with Crippen LogP contribution in [0.1, 0.15) is 5.56 Å². The molecule has 0 aliphatic carbocycles. The quantitative estimate of drug-likeness (QED) is 0.672. The fraction of sp³-hybridized carbons (Fsp3) is 0.0769. The Morgan fingerprint density at radius 3 is 2.40 bits per heavy atom. The van der Waals surface area contributed by atoms with Gasteiger partial charge in [0.2, 0.25) is 0 Å². The zero-order chi connectivity index (χ0) is 14.8. The van der Waals surface area contributed by atoms with Crippen molar-refractivity contribution in [1.82, 2.24) is 0 Å². The Hall–Kier alpha value is -2.57. The normalized spacial score (nSPS) is 11.2. The number of nitro benzene ring substituents is 1. The number of non-ortho nitro benzene ring substituents is 1. The number of rotatable bonds is 3. The van der Waals surface area contributed by atoms with E-state index in [4.69, 9.17) is 0 Å². The van der Waals surface area contributed by atoms with Crippen molar-refractivity contribution in [3.63, 3.8) is 0 Å². The van der Waals surface area contributed by atoms with E-state index in [1.807, 2.05) is 0 Å². The number of halogens is 3. The number of nitrogens with one attached hydrogen (secondary N) is 1. The van der Waals surface area contributed by atoms with Gasteiger partial charge in [0.25, 0.3) is 5.69 Å². The van der Waals surface area contributed by atoms with Crippen LogP contribution >= 0.6 is 0 Å². The molecule has 0 radical (unpaired) electrons. The van der Waals surface area contributed by atoms with E-state index in [-0.39, 0.29) is 17.1 Å². The Labute approximate surface area is 112 Å². The summed E-state index contributed by atoms with van der Waals surface area (Å²) in [6.07, 6.45) is -4.50. The summed E-state index contributed by atoms with van der Waals surface area (Å²) >= 11 is 0. The van der Waals surface area contributed by atoms with Gasteiger partial charge < -0.3 is 5.32 Å². The first kappa shape index (κ1) is 13.9. The van der Waals surface area contributed by atoms with Gasteiger partial charge in [-0.1, -0.05) is 18.2 Å². The Balaban J connectivity index is 2.36. The van der Waals surface area contributed by atoms with Crippen molar-refractivity contribution in [2.24, 2.45) is 0 Å². The standard InChI is InChI=1S/C13H9F3N2O2/c14-13(15,16)11-6-1-2-7-12(11)17-9-4-3-5-10(8-9)18(19)20/h1-8,17H. The minimum atomic E-state index is -4.50. The molecule has 20 heavy (non-hydrogen) atoms. The number of anilines is 2. The molecule has 4 nitrogen and oxygen atoms in total. The van der Waals surface area contributed by atoms with Gasteiger partial charge in [-0.3, -0.25) is 10.1 Å². The molecular weight excluding hydrogens is 273 g/mol. The van der Waals surface area contributed by atoms with Gasteiger partial charge >= 0.3 is 6.18 Å². The summed E-state index contributed by atoms with van der Waals surface area (Å²) in [6.45, 7) is 0. The van der Waals surface area contributed by atoms with Gasteiger partial charge in [-0.2, -0.15) is 13.2 Å². The van der Waals surface area contributed by atoms with Crippen molar-refractivity contribution < 1.29 is 18.1 Å². The first-order valence-electron chi connectivity index (χ1n) is 5.55. The van der Waals surface area contributed by atoms with Gasteiger partial charge in [-0.15, -0.1) is 0 Å². The average molecular weight is 282 g/mol. The summed E-state index contributed by atoms with van der Waals surface area (Å²) in [7, 11) is 0. The number of alkyl halides is 3. The summed E-state index contributed by atoms with van der Waals surface area (Å²) in [5.74, 6) is 0. The third-order valence-corrected chi connectivity index (χ3v) is 2.57. The van der Waals surface area contributed by atoms with Crippen molar-refractivity contribution in [2.45, 2.75) is 6.18 Å². The van der Waals surface area contributed by atoms with Crippen molar-refractivity contribution >= 4 is 17.1 Å². The second kappa shape index (κ2) is 5.20. The molecule has 0 aliphatic heterocycles. The van der Waals surface area contributed by atoms with Crippen LogP contribution in [-0.2, 0) is 6.18 Å². The topological polar surface area (TPSA) is 55.2 Å². The van der Waals surface area contributed by atoms with Gasteiger partial charge in [0.1, 0.15) is 0 Å². The van der Waals surface area contributed by atoms with E-state index in [1.165, 1.54) is 42.5 Å². The monoisotopic (exact) mass is 282 g/mol. The third kappa shape index (κ3) is 3.05. The molecular formula is C13H9F3N2O2. The fourth-order valence-corrected chi connectivity index (χ4v) is 1.69. The molecule has 2 rings (SSSR count). The second-order valence-electron chi connectivity index (χ2n) is 3.98. The molecule has 0 spiro atoms. The largest absolute Gasteiger partial charge is 0.418 e. The summed E-state index contributed by atoms with van der Waals surface area (Å²) in [4.78, 5) is 10.0. The minimum absolute atomic E-state index is 0.152. The molecule has 0 atom stereocenters. The number of nitrogens with zero attached hydrogens (tertiary/aromatic N) is 1. The fourth-order valence-electron chi connectivity index (χ4n) is 1.69. The van der Waals surface area contributed by atoms with Crippen LogP contribution in [0.4, 0.5) is 30.2 Å². The third-order valence-electron chi connectivity index (χ3n) is 2.57. The Morgan fingerprint density at radius 2 is 1.75 bits per heavy atom. The molecule has 0 amide bonds. The lowest BCUT2D eigenvalue weighted by molar-refractivity contribution is -0.384. The predicted molar refractivity (Wildman–Crippen MR) is 67.8 cm³/mol. The van der Waals surface area contributed by atoms with E-state index < -0.39 is 16.7 Å². The van der Waals surface area contributed by atoms with Crippen molar-refractivity contribution in [1.29, 1.82) is 0 Å². The van der Waals surface area contributed by atoms with Gasteiger partial charge in [0, 0.05) is 17.8 Å². The van der Waals surface area contributed by atoms with Crippen molar-refractivity contribution in [3.8, 4) is 0 Å². The van der Waals surface area contributed by atoms with E-state index in [2.05, 4.69) is 5.32 Å². The Morgan fingerprint density at radius 1 is 1.05 bits per heavy atom. The molecule has 0 saturated carbocycles. The van der Waals surface area contributed by atoms with Crippen LogP contribution in [0.25, 0.3) is 0 Å². The average Bonchev–Trinajstić information content (AvgIpc) is 2.38. The molecule has 2 aromatic rings. The van der Waals surface area contributed by atoms with Crippen molar-refractivity contribution in [2.75, 3.05) is 5.32 Å². The molecule has 1 N–H and O–H groups in total. The molecule has 0 unspecified atom stereocenters. The lowest BCUT2D eigenvalue weighted by Crippen LogP contribution is -2.08. The number of nitro groups is 1. The number of hydrogen-bond donors (Lipinski definition) is 1. The van der Waals surface area contributed by atoms with Crippen LogP contribution in [0.15, 0.2) is 48.5 Å². The molecule has 7 heteroatoms. The zero-order valence-electron chi connectivity index (χ0n) is 10.0. The molecule has 0 aliphatic rings. The van der Waals surface area contributed by atoms with Crippen LogP contribution in [0.3, 0.4) is 0 Å². The molecule has 0 bridgehead atoms. The van der Waals surface area contributed by atoms with E-state index >= 15 is 0 Å². The van der Waals surface area contributed by atoms with E-state index in [0.29, 0.717) is 0 Å². The highest BCUT2D eigenvalue weighted by Gasteiger charge is 2.33. The Bertz CT molecular complexity index is 642. The van der Waals surface area contributed by atoms with Crippen LogP contribution in [-0.4, -0.2) is 4.92 Å². The summed E-state index contributed by atoms with van der Waals surface area (Å²) < 4.78 is 38.4. The zero-order valence-corrected chi connectivity index (χ0v) is 10.0. The molecule has 0 heterocycles. The maximum Gasteiger partial charge on any atom is 0.418 e. The highest BCUT2D eigenvalue weighted by atomic mass is 19.4. The number of benzene rings is 2. The lowest BCUT2D eigenvalue weighted by atomic mass is 10.1. The Kier molecular flexibility index (Phi) is 3.60. The van der Waals surface area contributed by atoms with Gasteiger partial charge in [-0.25, -0.2) is 0 Å². The molecule has 0 aromatic heterocycles. The van der Waals surface area contributed by atoms with Gasteiger partial charge in [0.15, 0.2) is 0 Å². The lowest BCUT2D eigenvalue weighted by Gasteiger charge is -2.14. The van der Waals surface area contributed by atoms with E-state index in [9.17, 15) is 23.3 Å². The maximum atomic E-state index is 12.8. The van der Waals surface area contributed by atoms with Crippen molar-refractivity contribution in [3.05, 3.63) is 64.2 Å². The molecule has 0 fully saturated rings. The number of para-hydroxylation sites is 1. The van der Waals surface area contributed by atoms with Gasteiger partial charge in [-0.05, 0) is 18.2 Å². The highest BCUT2D eigenvalue weighted by molar-refractivity contribution is 5.65. The van der Waals surface area contributed by atoms with Crippen LogP contribution in [0.5, 0.6) is 0 Å². The minimum Gasteiger partial charge on any atom is -0.355 e. The first-order chi connectivity index (χ1) is 9.38. The molecule has 0 saturated heterocycles. The number of hydrogen-bond acceptors (Lipinski definition) is 3. The summed E-state index contributed by atoms with van der Waals surface area (Å²) in [5, 5.41) is 13.2. The van der Waals surface area contributed by atoms with Crippen LogP contribution < -0.4 is 5.32 Å². The van der Waals surface area contributed by atoms with Crippen LogP contribution in [0, 0.1) is 10.1 Å². The first-order valence-corrected chi connectivity index (χ1v) is 5.55. The summed E-state index contributed by atoms with van der Waals surface area (Å²) in [6, 6.07) is 10.2. The summed E-state index contributed by atoms with van der Waals surface area (Å²) in [5.41, 5.74) is -0.956. The maximum absolute atomic E-state index is 12.8. The molecule has 2 aromatic carbocycles. The predicted octanol–water partition coefficient (Wildman–Crippen LogP) is 4.36. The van der Waals surface area contributed by atoms with E-state index in [1.54, 1.807) is 0 Å². The second-order valence-corrected chi connectivity index (χ2v) is 3.98. The van der Waals surface area contributed by atoms with Gasteiger partial charge in [0.05, 0.1) is 16.2 Å². The SMILES string of the molecule is O=[N+]([O-])c1cccc(Nc2ccccc2C(F)(F)F)c1. The smallest absolute Gasteiger partial charge is 0.355 e. The van der Waals surface area contributed by atoms with E-state index in [0.717, 1.165) is 6.07 Å². The van der Waals surface area contributed by atoms with Crippen LogP contribution in [0.2, 0.25) is 0 Å².